The molecular weight excluding hydrogens is 819 g/mol. The molecular formula is C67H55N. The van der Waals surface area contributed by atoms with Crippen LogP contribution in [0.25, 0.3) is 50.1 Å². The van der Waals surface area contributed by atoms with Gasteiger partial charge in [0.25, 0.3) is 0 Å². The molecule has 0 fully saturated rings. The van der Waals surface area contributed by atoms with Gasteiger partial charge in [0.05, 0.1) is 11.5 Å². The molecule has 1 heteroatoms. The number of hydrogen-bond acceptors (Lipinski definition) is 1. The van der Waals surface area contributed by atoms with Gasteiger partial charge in [-0.25, -0.2) is 0 Å². The minimum absolute atomic E-state index is 0.0431. The third kappa shape index (κ3) is 5.28. The minimum atomic E-state index is -0.401. The molecule has 0 saturated carbocycles. The van der Waals surface area contributed by atoms with Crippen LogP contribution in [0.4, 0.5) is 11.4 Å². The van der Waals surface area contributed by atoms with E-state index in [1.807, 2.05) is 0 Å². The van der Waals surface area contributed by atoms with Gasteiger partial charge in [-0.3, -0.25) is 0 Å². The first-order valence-electron chi connectivity index (χ1n) is 25.0. The fraction of sp³-hybridized carbons (Fsp3) is 0.194. The van der Waals surface area contributed by atoms with Gasteiger partial charge < -0.3 is 4.90 Å². The van der Waals surface area contributed by atoms with Gasteiger partial charge in [-0.2, -0.15) is 0 Å². The van der Waals surface area contributed by atoms with E-state index in [-0.39, 0.29) is 22.8 Å². The molecule has 0 radical (unpaired) electrons. The van der Waals surface area contributed by atoms with Crippen LogP contribution in [0.3, 0.4) is 0 Å². The number of anilines is 2. The molecule has 7 aliphatic rings. The molecule has 14 rings (SSSR count). The smallest absolute Gasteiger partial charge is 0.0563 e. The lowest BCUT2D eigenvalue weighted by Gasteiger charge is -2.39. The van der Waals surface area contributed by atoms with E-state index in [0.717, 1.165) is 25.7 Å². The Balaban J connectivity index is 1.02. The van der Waals surface area contributed by atoms with E-state index in [0.29, 0.717) is 0 Å². The average molecular weight is 874 g/mol. The molecule has 0 bridgehead atoms. The Morgan fingerprint density at radius 1 is 0.544 bits per heavy atom. The number of nitrogens with zero attached hydrogens (tertiary/aromatic N) is 1. The van der Waals surface area contributed by atoms with E-state index in [4.69, 9.17) is 0 Å². The van der Waals surface area contributed by atoms with Crippen molar-refractivity contribution in [1.82, 2.24) is 0 Å². The zero-order valence-corrected chi connectivity index (χ0v) is 39.5. The summed E-state index contributed by atoms with van der Waals surface area (Å²) in [6.07, 6.45) is 21.3. The fourth-order valence-corrected chi connectivity index (χ4v) is 14.4. The lowest BCUT2D eigenvalue weighted by molar-refractivity contribution is 0.495. The van der Waals surface area contributed by atoms with Crippen molar-refractivity contribution in [2.75, 3.05) is 4.90 Å². The summed E-state index contributed by atoms with van der Waals surface area (Å²) in [4.78, 5) is 2.76. The van der Waals surface area contributed by atoms with Gasteiger partial charge in [0.2, 0.25) is 0 Å². The van der Waals surface area contributed by atoms with E-state index in [1.165, 1.54) is 112 Å². The molecule has 7 aliphatic carbocycles. The predicted molar refractivity (Wildman–Crippen MR) is 285 cm³/mol. The zero-order chi connectivity index (χ0) is 45.5. The quantitative estimate of drug-likeness (QED) is 0.167. The van der Waals surface area contributed by atoms with Crippen molar-refractivity contribution in [3.05, 3.63) is 256 Å². The molecule has 0 aliphatic heterocycles. The minimum Gasteiger partial charge on any atom is -0.334 e. The van der Waals surface area contributed by atoms with Crippen LogP contribution < -0.4 is 4.90 Å². The Labute approximate surface area is 401 Å². The Kier molecular flexibility index (Phi) is 8.45. The third-order valence-corrected chi connectivity index (χ3v) is 17.4. The second kappa shape index (κ2) is 14.4. The van der Waals surface area contributed by atoms with Gasteiger partial charge in [0.15, 0.2) is 0 Å². The summed E-state index contributed by atoms with van der Waals surface area (Å²) < 4.78 is 0. The highest BCUT2D eigenvalue weighted by Crippen LogP contribution is 2.68. The maximum Gasteiger partial charge on any atom is 0.0563 e. The van der Waals surface area contributed by atoms with Crippen molar-refractivity contribution in [3.63, 3.8) is 0 Å². The zero-order valence-electron chi connectivity index (χ0n) is 39.5. The highest BCUT2D eigenvalue weighted by atomic mass is 15.2. The lowest BCUT2D eigenvalue weighted by atomic mass is 9.64. The van der Waals surface area contributed by atoms with E-state index in [1.54, 1.807) is 5.57 Å². The molecule has 3 atom stereocenters. The molecule has 1 nitrogen and oxygen atoms in total. The molecule has 0 saturated heterocycles. The van der Waals surface area contributed by atoms with Crippen LogP contribution in [0, 0.1) is 5.92 Å². The predicted octanol–water partition coefficient (Wildman–Crippen LogP) is 16.9. The van der Waals surface area contributed by atoms with Crippen molar-refractivity contribution >= 4 is 28.1 Å². The Morgan fingerprint density at radius 3 is 2.15 bits per heavy atom. The summed E-state index contributed by atoms with van der Waals surface area (Å²) in [5.74, 6) is 0.249. The monoisotopic (exact) mass is 873 g/mol. The Hall–Kier alpha value is -7.22. The fourth-order valence-electron chi connectivity index (χ4n) is 14.4. The number of fused-ring (bicyclic) bond motifs is 15. The maximum atomic E-state index is 2.76. The maximum absolute atomic E-state index is 2.76. The lowest BCUT2D eigenvalue weighted by Crippen LogP contribution is -2.34. The Bertz CT molecular complexity index is 3520. The molecule has 0 amide bonds. The van der Waals surface area contributed by atoms with Gasteiger partial charge in [0, 0.05) is 33.7 Å². The molecule has 0 aromatic heterocycles. The number of hydrogen-bond donors (Lipinski definition) is 0. The van der Waals surface area contributed by atoms with Crippen molar-refractivity contribution in [2.24, 2.45) is 5.92 Å². The van der Waals surface area contributed by atoms with E-state index in [2.05, 4.69) is 233 Å². The SMILES string of the molecule is CC1(C)C2=CC(N(c3ccc4c(c3)C(C)(C)C3=C4C=CCC3)c3cccc4c3-c3ccccc3C43c4c(cccc4-c4cccc(-c5ccccc5)c4)C4=CC=CCC43)CC=C2c2ccccc21. The highest BCUT2D eigenvalue weighted by Gasteiger charge is 2.58. The highest BCUT2D eigenvalue weighted by molar-refractivity contribution is 6.01. The van der Waals surface area contributed by atoms with Gasteiger partial charge in [-0.1, -0.05) is 209 Å². The van der Waals surface area contributed by atoms with Crippen molar-refractivity contribution in [3.8, 4) is 33.4 Å². The molecule has 7 aromatic rings. The van der Waals surface area contributed by atoms with E-state index in [9.17, 15) is 0 Å². The van der Waals surface area contributed by atoms with Gasteiger partial charge >= 0.3 is 0 Å². The van der Waals surface area contributed by atoms with E-state index >= 15 is 0 Å². The van der Waals surface area contributed by atoms with Gasteiger partial charge in [0.1, 0.15) is 0 Å². The van der Waals surface area contributed by atoms with Crippen LogP contribution in [0.15, 0.2) is 211 Å². The van der Waals surface area contributed by atoms with E-state index < -0.39 is 5.41 Å². The van der Waals surface area contributed by atoms with Crippen molar-refractivity contribution < 1.29 is 0 Å². The molecule has 0 N–H and O–H groups in total. The molecule has 7 aromatic carbocycles. The Morgan fingerprint density at radius 2 is 1.26 bits per heavy atom. The summed E-state index contributed by atoms with van der Waals surface area (Å²) in [6.45, 7) is 9.79. The normalized spacial score (nSPS) is 22.3. The van der Waals surface area contributed by atoms with Crippen LogP contribution in [-0.4, -0.2) is 6.04 Å². The summed E-state index contributed by atoms with van der Waals surface area (Å²) in [6, 6.07) is 60.8. The van der Waals surface area contributed by atoms with Gasteiger partial charge in [-0.15, -0.1) is 0 Å². The summed E-state index contributed by atoms with van der Waals surface area (Å²) in [5, 5.41) is 0. The summed E-state index contributed by atoms with van der Waals surface area (Å²) >= 11 is 0. The second-order valence-electron chi connectivity index (χ2n) is 21.3. The number of rotatable bonds is 5. The first-order chi connectivity index (χ1) is 33.3. The van der Waals surface area contributed by atoms with Gasteiger partial charge in [-0.05, 0) is 145 Å². The molecule has 3 unspecified atom stereocenters. The second-order valence-corrected chi connectivity index (χ2v) is 21.3. The molecule has 328 valence electrons. The van der Waals surface area contributed by atoms with Crippen molar-refractivity contribution in [2.45, 2.75) is 75.7 Å². The third-order valence-electron chi connectivity index (χ3n) is 17.4. The first kappa shape index (κ1) is 39.9. The molecule has 1 spiro atoms. The molecule has 0 heterocycles. The van der Waals surface area contributed by atoms with Crippen LogP contribution in [0.1, 0.15) is 97.9 Å². The van der Waals surface area contributed by atoms with Crippen LogP contribution in [0.5, 0.6) is 0 Å². The summed E-state index contributed by atoms with van der Waals surface area (Å²) in [7, 11) is 0. The average Bonchev–Trinajstić information content (AvgIpc) is 4.02. The number of allylic oxidation sites excluding steroid dienone is 10. The topological polar surface area (TPSA) is 3.24 Å². The van der Waals surface area contributed by atoms with Crippen LogP contribution in [0.2, 0.25) is 0 Å². The standard InChI is InChI=1S/C67H55N/c1-65(2)55-29-12-8-23-48(55)51-37-35-45(40-60(51)65)68(46-36-38-52-49-24-9-13-30-56(49)66(3,4)61(52)41-46)62-34-18-33-59-63(62)54-26-11-15-32-58(54)67(59)57-31-14-10-25-50(57)53-28-17-27-47(64(53)67)44-22-16-21-43(39-44)42-19-6-5-7-20-42/h5-12,14-29,32-34,36-41,45,57H,13,30-31,35H2,1-4H3. The number of benzene rings is 7. The first-order valence-corrected chi connectivity index (χ1v) is 25.0. The van der Waals surface area contributed by atoms with Crippen LogP contribution in [-0.2, 0) is 16.2 Å². The molecule has 68 heavy (non-hydrogen) atoms. The summed E-state index contributed by atoms with van der Waals surface area (Å²) in [5.41, 5.74) is 28.5. The largest absolute Gasteiger partial charge is 0.334 e. The van der Waals surface area contributed by atoms with Crippen LogP contribution >= 0.6 is 0 Å². The van der Waals surface area contributed by atoms with Crippen molar-refractivity contribution in [1.29, 1.82) is 0 Å².